The second-order valence-corrected chi connectivity index (χ2v) is 8.58. The molecule has 0 aliphatic carbocycles. The van der Waals surface area contributed by atoms with Crippen molar-refractivity contribution >= 4 is 28.5 Å². The van der Waals surface area contributed by atoms with Gasteiger partial charge >= 0.3 is 0 Å². The highest BCUT2D eigenvalue weighted by molar-refractivity contribution is 5.97. The number of aryl methyl sites for hydroxylation is 2. The molecule has 1 fully saturated rings. The second-order valence-electron chi connectivity index (χ2n) is 8.58. The fraction of sp³-hybridized carbons (Fsp3) is 0.360. The molecule has 3 aromatic rings. The van der Waals surface area contributed by atoms with Gasteiger partial charge in [0.1, 0.15) is 0 Å². The molecule has 7 heteroatoms. The molecule has 2 aromatic carbocycles. The van der Waals surface area contributed by atoms with Crippen molar-refractivity contribution in [1.82, 2.24) is 20.2 Å². The Morgan fingerprint density at radius 3 is 2.12 bits per heavy atom. The van der Waals surface area contributed by atoms with Crippen LogP contribution in [0.4, 0.5) is 5.69 Å². The maximum Gasteiger partial charge on any atom is 0.253 e. The van der Waals surface area contributed by atoms with Gasteiger partial charge in [-0.25, -0.2) is 9.97 Å². The number of nitrogens with one attached hydrogen (secondary N) is 1. The summed E-state index contributed by atoms with van der Waals surface area (Å²) in [6, 6.07) is 13.1. The fourth-order valence-electron chi connectivity index (χ4n) is 3.95. The maximum absolute atomic E-state index is 13.0. The van der Waals surface area contributed by atoms with Crippen LogP contribution in [0.3, 0.4) is 0 Å². The van der Waals surface area contributed by atoms with Gasteiger partial charge in [-0.1, -0.05) is 0 Å². The maximum atomic E-state index is 13.0. The molecule has 0 bridgehead atoms. The summed E-state index contributed by atoms with van der Waals surface area (Å²) in [5.74, 6) is -0.0742. The van der Waals surface area contributed by atoms with Gasteiger partial charge in [-0.05, 0) is 69.2 Å². The topological polar surface area (TPSA) is 78.4 Å². The third-order valence-corrected chi connectivity index (χ3v) is 6.09. The highest BCUT2D eigenvalue weighted by Gasteiger charge is 2.25. The number of hydrogen-bond acceptors (Lipinski definition) is 5. The molecule has 1 aromatic heterocycles. The average molecular weight is 432 g/mol. The van der Waals surface area contributed by atoms with Crippen molar-refractivity contribution in [2.75, 3.05) is 32.1 Å². The van der Waals surface area contributed by atoms with Crippen LogP contribution in [0.1, 0.15) is 44.9 Å². The van der Waals surface area contributed by atoms with Crippen LogP contribution in [-0.4, -0.2) is 59.9 Å². The summed E-state index contributed by atoms with van der Waals surface area (Å²) in [7, 11) is 3.94. The van der Waals surface area contributed by atoms with E-state index < -0.39 is 0 Å². The first-order chi connectivity index (χ1) is 15.3. The van der Waals surface area contributed by atoms with Crippen molar-refractivity contribution in [3.63, 3.8) is 0 Å². The van der Waals surface area contributed by atoms with Crippen LogP contribution in [0, 0.1) is 13.8 Å². The minimum Gasteiger partial charge on any atom is -0.378 e. The van der Waals surface area contributed by atoms with Gasteiger partial charge in [-0.15, -0.1) is 0 Å². The number of fused-ring (bicyclic) bond motifs is 1. The Kier molecular flexibility index (Phi) is 6.08. The molecule has 166 valence electrons. The zero-order valence-electron chi connectivity index (χ0n) is 19.1. The molecule has 0 spiro atoms. The SMILES string of the molecule is Cc1nc2ccc(C(=O)N3CCC(NC(=O)c4ccc(N(C)C)cc4)CC3)cc2nc1C. The van der Waals surface area contributed by atoms with Crippen LogP contribution in [0.25, 0.3) is 11.0 Å². The lowest BCUT2D eigenvalue weighted by Crippen LogP contribution is -2.46. The second kappa shape index (κ2) is 8.94. The van der Waals surface area contributed by atoms with Gasteiger partial charge in [-0.3, -0.25) is 9.59 Å². The number of aromatic nitrogens is 2. The molecule has 2 amide bonds. The Balaban J connectivity index is 1.36. The Hall–Kier alpha value is -3.48. The van der Waals surface area contributed by atoms with Crippen molar-refractivity contribution < 1.29 is 9.59 Å². The number of piperidine rings is 1. The molecule has 0 unspecified atom stereocenters. The lowest BCUT2D eigenvalue weighted by atomic mass is 10.0. The van der Waals surface area contributed by atoms with E-state index in [9.17, 15) is 9.59 Å². The van der Waals surface area contributed by atoms with Gasteiger partial charge in [0, 0.05) is 50.0 Å². The van der Waals surface area contributed by atoms with E-state index in [1.165, 1.54) is 0 Å². The number of benzene rings is 2. The Morgan fingerprint density at radius 2 is 1.50 bits per heavy atom. The van der Waals surface area contributed by atoms with E-state index in [1.807, 2.05) is 80.2 Å². The molecule has 1 N–H and O–H groups in total. The van der Waals surface area contributed by atoms with Gasteiger partial charge in [0.15, 0.2) is 0 Å². The lowest BCUT2D eigenvalue weighted by molar-refractivity contribution is 0.0698. The number of rotatable bonds is 4. The summed E-state index contributed by atoms with van der Waals surface area (Å²) in [5.41, 5.74) is 5.63. The first-order valence-corrected chi connectivity index (χ1v) is 10.9. The number of hydrogen-bond donors (Lipinski definition) is 1. The Bertz CT molecular complexity index is 1150. The highest BCUT2D eigenvalue weighted by atomic mass is 16.2. The zero-order valence-corrected chi connectivity index (χ0v) is 19.1. The fourth-order valence-corrected chi connectivity index (χ4v) is 3.95. The average Bonchev–Trinajstić information content (AvgIpc) is 2.79. The molecule has 0 atom stereocenters. The predicted octanol–water partition coefficient (Wildman–Crippen LogP) is 3.35. The van der Waals surface area contributed by atoms with Gasteiger partial charge in [-0.2, -0.15) is 0 Å². The molecular weight excluding hydrogens is 402 g/mol. The van der Waals surface area contributed by atoms with Gasteiger partial charge in [0.05, 0.1) is 22.4 Å². The van der Waals surface area contributed by atoms with E-state index in [2.05, 4.69) is 15.3 Å². The molecule has 2 heterocycles. The molecule has 0 radical (unpaired) electrons. The zero-order chi connectivity index (χ0) is 22.8. The van der Waals surface area contributed by atoms with E-state index in [0.29, 0.717) is 24.2 Å². The number of likely N-dealkylation sites (tertiary alicyclic amines) is 1. The largest absolute Gasteiger partial charge is 0.378 e. The highest BCUT2D eigenvalue weighted by Crippen LogP contribution is 2.19. The predicted molar refractivity (Wildman–Crippen MR) is 126 cm³/mol. The van der Waals surface area contributed by atoms with Crippen LogP contribution in [0.2, 0.25) is 0 Å². The van der Waals surface area contributed by atoms with E-state index in [-0.39, 0.29) is 17.9 Å². The van der Waals surface area contributed by atoms with Crippen LogP contribution in [0.15, 0.2) is 42.5 Å². The smallest absolute Gasteiger partial charge is 0.253 e. The molecule has 0 saturated carbocycles. The first kappa shape index (κ1) is 21.7. The Labute approximate surface area is 188 Å². The van der Waals surface area contributed by atoms with Crippen molar-refractivity contribution in [2.24, 2.45) is 0 Å². The van der Waals surface area contributed by atoms with Gasteiger partial charge < -0.3 is 15.1 Å². The lowest BCUT2D eigenvalue weighted by Gasteiger charge is -2.32. The van der Waals surface area contributed by atoms with Crippen molar-refractivity contribution in [2.45, 2.75) is 32.7 Å². The van der Waals surface area contributed by atoms with E-state index >= 15 is 0 Å². The van der Waals surface area contributed by atoms with Crippen LogP contribution in [-0.2, 0) is 0 Å². The van der Waals surface area contributed by atoms with Crippen molar-refractivity contribution in [3.05, 3.63) is 65.0 Å². The molecule has 1 aliphatic rings. The van der Waals surface area contributed by atoms with Crippen LogP contribution in [0.5, 0.6) is 0 Å². The molecule has 4 rings (SSSR count). The molecule has 7 nitrogen and oxygen atoms in total. The minimum atomic E-state index is -0.0705. The minimum absolute atomic E-state index is 0.00372. The quantitative estimate of drug-likeness (QED) is 0.685. The number of anilines is 1. The normalized spacial score (nSPS) is 14.4. The summed E-state index contributed by atoms with van der Waals surface area (Å²) in [6.07, 6.45) is 1.47. The van der Waals surface area contributed by atoms with E-state index in [4.69, 9.17) is 0 Å². The summed E-state index contributed by atoms with van der Waals surface area (Å²) >= 11 is 0. The van der Waals surface area contributed by atoms with Crippen molar-refractivity contribution in [1.29, 1.82) is 0 Å². The van der Waals surface area contributed by atoms with Crippen LogP contribution < -0.4 is 10.2 Å². The van der Waals surface area contributed by atoms with Crippen LogP contribution >= 0.6 is 0 Å². The third-order valence-electron chi connectivity index (χ3n) is 6.09. The summed E-state index contributed by atoms with van der Waals surface area (Å²) in [6.45, 7) is 5.08. The summed E-state index contributed by atoms with van der Waals surface area (Å²) in [4.78, 5) is 38.6. The number of carbonyl (C=O) groups excluding carboxylic acids is 2. The van der Waals surface area contributed by atoms with Gasteiger partial charge in [0.2, 0.25) is 0 Å². The number of amides is 2. The Morgan fingerprint density at radius 1 is 0.906 bits per heavy atom. The standard InChI is InChI=1S/C25H29N5O2/c1-16-17(2)27-23-15-19(7-10-22(23)26-16)25(32)30-13-11-20(12-14-30)28-24(31)18-5-8-21(9-6-18)29(3)4/h5-10,15,20H,11-14H2,1-4H3,(H,28,31). The summed E-state index contributed by atoms with van der Waals surface area (Å²) < 4.78 is 0. The summed E-state index contributed by atoms with van der Waals surface area (Å²) in [5, 5.41) is 3.11. The molecular formula is C25H29N5O2. The monoisotopic (exact) mass is 431 g/mol. The number of carbonyl (C=O) groups is 2. The first-order valence-electron chi connectivity index (χ1n) is 10.9. The molecule has 1 saturated heterocycles. The molecule has 32 heavy (non-hydrogen) atoms. The van der Waals surface area contributed by atoms with Crippen molar-refractivity contribution in [3.8, 4) is 0 Å². The van der Waals surface area contributed by atoms with E-state index in [1.54, 1.807) is 0 Å². The van der Waals surface area contributed by atoms with E-state index in [0.717, 1.165) is 41.0 Å². The molecule has 1 aliphatic heterocycles. The number of nitrogens with zero attached hydrogens (tertiary/aromatic N) is 4. The third kappa shape index (κ3) is 4.56. The van der Waals surface area contributed by atoms with Gasteiger partial charge in [0.25, 0.3) is 11.8 Å².